The molecule has 1 saturated heterocycles. The van der Waals surface area contributed by atoms with Gasteiger partial charge in [-0.25, -0.2) is 0 Å². The first kappa shape index (κ1) is 14.8. The first-order valence-corrected chi connectivity index (χ1v) is 7.68. The van der Waals surface area contributed by atoms with E-state index in [0.717, 1.165) is 38.1 Å². The van der Waals surface area contributed by atoms with Crippen LogP contribution in [0.15, 0.2) is 0 Å². The lowest BCUT2D eigenvalue weighted by Crippen LogP contribution is -2.40. The number of nitrogens with one attached hydrogen (secondary N) is 1. The zero-order valence-corrected chi connectivity index (χ0v) is 12.4. The summed E-state index contributed by atoms with van der Waals surface area (Å²) < 4.78 is 4.83. The number of rotatable bonds is 4. The molecule has 0 radical (unpaired) electrons. The second-order valence-electron chi connectivity index (χ2n) is 6.23. The number of likely N-dealkylation sites (tertiary alicyclic amines) is 1. The number of piperidine rings is 1. The van der Waals surface area contributed by atoms with Crippen molar-refractivity contribution in [1.82, 2.24) is 10.2 Å². The molecule has 0 amide bonds. The minimum Gasteiger partial charge on any atom is -0.469 e. The Bertz CT molecular complexity index is 280. The summed E-state index contributed by atoms with van der Waals surface area (Å²) in [5, 5.41) is 3.71. The summed E-state index contributed by atoms with van der Waals surface area (Å²) in [5.41, 5.74) is 0. The molecule has 0 atom stereocenters. The Hall–Kier alpha value is -0.610. The van der Waals surface area contributed by atoms with Gasteiger partial charge >= 0.3 is 5.97 Å². The molecule has 2 rings (SSSR count). The van der Waals surface area contributed by atoms with Gasteiger partial charge in [0.05, 0.1) is 13.0 Å². The van der Waals surface area contributed by atoms with Crippen molar-refractivity contribution in [2.45, 2.75) is 44.6 Å². The molecule has 19 heavy (non-hydrogen) atoms. The van der Waals surface area contributed by atoms with Crippen LogP contribution >= 0.6 is 0 Å². The predicted molar refractivity (Wildman–Crippen MR) is 76.0 cm³/mol. The van der Waals surface area contributed by atoms with Gasteiger partial charge in [-0.1, -0.05) is 0 Å². The summed E-state index contributed by atoms with van der Waals surface area (Å²) in [5.74, 6) is 0.967. The van der Waals surface area contributed by atoms with Crippen molar-refractivity contribution in [3.63, 3.8) is 0 Å². The van der Waals surface area contributed by atoms with Crippen molar-refractivity contribution in [2.24, 2.45) is 11.8 Å². The lowest BCUT2D eigenvalue weighted by Gasteiger charge is -2.32. The Kier molecular flexibility index (Phi) is 5.64. The van der Waals surface area contributed by atoms with E-state index in [1.807, 2.05) is 0 Å². The van der Waals surface area contributed by atoms with Gasteiger partial charge in [0.1, 0.15) is 0 Å². The fourth-order valence-electron chi connectivity index (χ4n) is 3.30. The van der Waals surface area contributed by atoms with Crippen molar-refractivity contribution in [3.8, 4) is 0 Å². The van der Waals surface area contributed by atoms with E-state index >= 15 is 0 Å². The zero-order chi connectivity index (χ0) is 13.7. The van der Waals surface area contributed by atoms with Crippen LogP contribution in [0.1, 0.15) is 38.5 Å². The molecular formula is C15H28N2O2. The highest BCUT2D eigenvalue weighted by molar-refractivity contribution is 5.72. The Balaban J connectivity index is 1.62. The summed E-state index contributed by atoms with van der Waals surface area (Å²) in [7, 11) is 3.70. The monoisotopic (exact) mass is 268 g/mol. The van der Waals surface area contributed by atoms with E-state index in [1.54, 1.807) is 0 Å². The van der Waals surface area contributed by atoms with Crippen LogP contribution < -0.4 is 5.32 Å². The molecule has 1 N–H and O–H groups in total. The van der Waals surface area contributed by atoms with Crippen LogP contribution in [-0.2, 0) is 9.53 Å². The largest absolute Gasteiger partial charge is 0.469 e. The number of hydrogen-bond donors (Lipinski definition) is 1. The average molecular weight is 268 g/mol. The minimum absolute atomic E-state index is 0.0197. The standard InChI is InChI=1S/C15H28N2O2/c1-17-9-7-12(8-10-17)11-16-14-5-3-13(4-6-14)15(18)19-2/h12-14,16H,3-11H2,1-2H3. The minimum atomic E-state index is -0.0197. The molecule has 4 heteroatoms. The quantitative estimate of drug-likeness (QED) is 0.787. The Morgan fingerprint density at radius 2 is 1.79 bits per heavy atom. The van der Waals surface area contributed by atoms with Crippen LogP contribution in [0.3, 0.4) is 0 Å². The number of methoxy groups -OCH3 is 1. The summed E-state index contributed by atoms with van der Waals surface area (Å²) >= 11 is 0. The number of esters is 1. The number of carbonyl (C=O) groups excluding carboxylic acids is 1. The van der Waals surface area contributed by atoms with Crippen LogP contribution in [0.4, 0.5) is 0 Å². The second kappa shape index (κ2) is 7.25. The molecule has 1 saturated carbocycles. The molecule has 0 aromatic carbocycles. The van der Waals surface area contributed by atoms with Gasteiger partial charge in [-0.3, -0.25) is 4.79 Å². The van der Waals surface area contributed by atoms with E-state index in [-0.39, 0.29) is 11.9 Å². The predicted octanol–water partition coefficient (Wildman–Crippen LogP) is 1.65. The van der Waals surface area contributed by atoms with Gasteiger partial charge in [0.2, 0.25) is 0 Å². The highest BCUT2D eigenvalue weighted by Gasteiger charge is 2.27. The Labute approximate surface area is 116 Å². The van der Waals surface area contributed by atoms with Crippen LogP contribution in [-0.4, -0.2) is 50.7 Å². The van der Waals surface area contributed by atoms with Crippen LogP contribution in [0.25, 0.3) is 0 Å². The molecule has 4 nitrogen and oxygen atoms in total. The molecule has 0 spiro atoms. The van der Waals surface area contributed by atoms with Crippen molar-refractivity contribution in [2.75, 3.05) is 33.8 Å². The maximum absolute atomic E-state index is 11.5. The SMILES string of the molecule is COC(=O)C1CCC(NCC2CCN(C)CC2)CC1. The second-order valence-corrected chi connectivity index (χ2v) is 6.23. The molecule has 2 aliphatic rings. The van der Waals surface area contributed by atoms with E-state index in [9.17, 15) is 4.79 Å². The van der Waals surface area contributed by atoms with E-state index in [2.05, 4.69) is 17.3 Å². The maximum Gasteiger partial charge on any atom is 0.308 e. The normalized spacial score (nSPS) is 30.2. The van der Waals surface area contributed by atoms with Gasteiger partial charge in [-0.05, 0) is 71.1 Å². The number of hydrogen-bond acceptors (Lipinski definition) is 4. The van der Waals surface area contributed by atoms with E-state index in [4.69, 9.17) is 4.74 Å². The van der Waals surface area contributed by atoms with Crippen molar-refractivity contribution < 1.29 is 9.53 Å². The van der Waals surface area contributed by atoms with Gasteiger partial charge in [0.15, 0.2) is 0 Å². The van der Waals surface area contributed by atoms with Gasteiger partial charge in [0, 0.05) is 6.04 Å². The Morgan fingerprint density at radius 3 is 2.37 bits per heavy atom. The molecule has 0 unspecified atom stereocenters. The van der Waals surface area contributed by atoms with E-state index in [0.29, 0.717) is 6.04 Å². The highest BCUT2D eigenvalue weighted by Crippen LogP contribution is 2.25. The molecule has 1 heterocycles. The molecule has 2 fully saturated rings. The smallest absolute Gasteiger partial charge is 0.308 e. The molecule has 0 bridgehead atoms. The molecule has 0 aromatic heterocycles. The van der Waals surface area contributed by atoms with Gasteiger partial charge in [0.25, 0.3) is 0 Å². The van der Waals surface area contributed by atoms with E-state index < -0.39 is 0 Å². The fourth-order valence-corrected chi connectivity index (χ4v) is 3.30. The molecule has 1 aliphatic heterocycles. The molecule has 110 valence electrons. The maximum atomic E-state index is 11.5. The third-order valence-electron chi connectivity index (χ3n) is 4.80. The molecular weight excluding hydrogens is 240 g/mol. The zero-order valence-electron chi connectivity index (χ0n) is 12.4. The summed E-state index contributed by atoms with van der Waals surface area (Å²) in [6.07, 6.45) is 6.84. The number of carbonyl (C=O) groups is 1. The van der Waals surface area contributed by atoms with Crippen LogP contribution in [0.5, 0.6) is 0 Å². The van der Waals surface area contributed by atoms with Crippen LogP contribution in [0, 0.1) is 11.8 Å². The third kappa shape index (κ3) is 4.46. The average Bonchev–Trinajstić information content (AvgIpc) is 2.46. The third-order valence-corrected chi connectivity index (χ3v) is 4.80. The van der Waals surface area contributed by atoms with Crippen LogP contribution in [0.2, 0.25) is 0 Å². The summed E-state index contributed by atoms with van der Waals surface area (Å²) in [4.78, 5) is 13.9. The lowest BCUT2D eigenvalue weighted by molar-refractivity contribution is -0.146. The lowest BCUT2D eigenvalue weighted by atomic mass is 9.85. The van der Waals surface area contributed by atoms with Crippen molar-refractivity contribution >= 4 is 5.97 Å². The van der Waals surface area contributed by atoms with Gasteiger partial charge < -0.3 is 15.0 Å². The topological polar surface area (TPSA) is 41.6 Å². The van der Waals surface area contributed by atoms with Gasteiger partial charge in [-0.2, -0.15) is 0 Å². The number of ether oxygens (including phenoxy) is 1. The van der Waals surface area contributed by atoms with Gasteiger partial charge in [-0.15, -0.1) is 0 Å². The molecule has 1 aliphatic carbocycles. The first-order chi connectivity index (χ1) is 9.19. The molecule has 0 aromatic rings. The van der Waals surface area contributed by atoms with Crippen molar-refractivity contribution in [1.29, 1.82) is 0 Å². The fraction of sp³-hybridized carbons (Fsp3) is 0.933. The Morgan fingerprint density at radius 1 is 1.16 bits per heavy atom. The summed E-state index contributed by atoms with van der Waals surface area (Å²) in [6, 6.07) is 0.612. The van der Waals surface area contributed by atoms with Crippen molar-refractivity contribution in [3.05, 3.63) is 0 Å². The number of nitrogens with zero attached hydrogens (tertiary/aromatic N) is 1. The van der Waals surface area contributed by atoms with E-state index in [1.165, 1.54) is 33.0 Å². The first-order valence-electron chi connectivity index (χ1n) is 7.68. The summed E-state index contributed by atoms with van der Waals surface area (Å²) in [6.45, 7) is 3.63. The highest BCUT2D eigenvalue weighted by atomic mass is 16.5.